The molecule has 0 spiro atoms. The van der Waals surface area contributed by atoms with Gasteiger partial charge in [0.2, 0.25) is 0 Å². The van der Waals surface area contributed by atoms with Crippen LogP contribution in [0.15, 0.2) is 0 Å². The highest BCUT2D eigenvalue weighted by Gasteiger charge is 2.26. The van der Waals surface area contributed by atoms with Crippen molar-refractivity contribution in [3.05, 3.63) is 11.6 Å². The molecule has 5 nitrogen and oxygen atoms in total. The summed E-state index contributed by atoms with van der Waals surface area (Å²) in [4.78, 5) is 5.24. The summed E-state index contributed by atoms with van der Waals surface area (Å²) in [6.07, 6.45) is 5.57. The monoisotopic (exact) mass is 291 g/mol. The van der Waals surface area contributed by atoms with Gasteiger partial charge in [0.15, 0.2) is 0 Å². The fraction of sp³-hybridized carbons (Fsp3) is 0.875. The largest absolute Gasteiger partial charge is 0.314 e. The van der Waals surface area contributed by atoms with Crippen LogP contribution in [0, 0.1) is 12.8 Å². The molecule has 3 heterocycles. The number of hydrogen-bond acceptors (Lipinski definition) is 4. The molecule has 0 amide bonds. The Kier molecular flexibility index (Phi) is 4.91. The van der Waals surface area contributed by atoms with Gasteiger partial charge < -0.3 is 9.47 Å². The SMILES string of the molecule is CCn1c(C)nnc1CN1CCC(CN2CCCCC2)C1. The zero-order valence-electron chi connectivity index (χ0n) is 13.6. The first-order valence-electron chi connectivity index (χ1n) is 8.59. The quantitative estimate of drug-likeness (QED) is 0.830. The maximum atomic E-state index is 4.35. The van der Waals surface area contributed by atoms with Crippen molar-refractivity contribution in [1.82, 2.24) is 24.6 Å². The molecule has 1 atom stereocenters. The molecular weight excluding hydrogens is 262 g/mol. The lowest BCUT2D eigenvalue weighted by atomic mass is 10.1. The summed E-state index contributed by atoms with van der Waals surface area (Å²) >= 11 is 0. The first kappa shape index (κ1) is 15.0. The molecule has 2 aliphatic rings. The molecule has 0 aromatic carbocycles. The Morgan fingerprint density at radius 2 is 1.86 bits per heavy atom. The van der Waals surface area contributed by atoms with Gasteiger partial charge in [-0.05, 0) is 58.7 Å². The number of aryl methyl sites for hydroxylation is 1. The summed E-state index contributed by atoms with van der Waals surface area (Å²) in [5.74, 6) is 3.02. The Bertz CT molecular complexity index is 450. The molecule has 1 unspecified atom stereocenters. The number of piperidine rings is 1. The minimum absolute atomic E-state index is 0.849. The van der Waals surface area contributed by atoms with E-state index >= 15 is 0 Å². The first-order chi connectivity index (χ1) is 10.3. The van der Waals surface area contributed by atoms with Crippen molar-refractivity contribution in [3.8, 4) is 0 Å². The smallest absolute Gasteiger partial charge is 0.147 e. The average Bonchev–Trinajstić information content (AvgIpc) is 3.07. The highest BCUT2D eigenvalue weighted by Crippen LogP contribution is 2.21. The second kappa shape index (κ2) is 6.88. The highest BCUT2D eigenvalue weighted by atomic mass is 15.3. The Hall–Kier alpha value is -0.940. The lowest BCUT2D eigenvalue weighted by Crippen LogP contribution is -2.35. The molecule has 2 aliphatic heterocycles. The zero-order chi connectivity index (χ0) is 14.7. The minimum Gasteiger partial charge on any atom is -0.314 e. The normalized spacial score (nSPS) is 24.8. The number of likely N-dealkylation sites (tertiary alicyclic amines) is 2. The molecule has 0 aliphatic carbocycles. The standard InChI is InChI=1S/C16H29N5/c1-3-21-14(2)17-18-16(21)13-20-10-7-15(12-20)11-19-8-5-4-6-9-19/h15H,3-13H2,1-2H3. The summed E-state index contributed by atoms with van der Waals surface area (Å²) in [5.41, 5.74) is 0. The van der Waals surface area contributed by atoms with Crippen molar-refractivity contribution in [2.75, 3.05) is 32.7 Å². The number of aromatic nitrogens is 3. The topological polar surface area (TPSA) is 37.2 Å². The van der Waals surface area contributed by atoms with Gasteiger partial charge >= 0.3 is 0 Å². The average molecular weight is 291 g/mol. The van der Waals surface area contributed by atoms with Gasteiger partial charge in [0.05, 0.1) is 6.54 Å². The van der Waals surface area contributed by atoms with E-state index in [9.17, 15) is 0 Å². The van der Waals surface area contributed by atoms with Crippen LogP contribution >= 0.6 is 0 Å². The molecule has 0 bridgehead atoms. The summed E-state index contributed by atoms with van der Waals surface area (Å²) in [6, 6.07) is 0. The van der Waals surface area contributed by atoms with Gasteiger partial charge in [-0.2, -0.15) is 0 Å². The maximum Gasteiger partial charge on any atom is 0.147 e. The second-order valence-corrected chi connectivity index (χ2v) is 6.66. The van der Waals surface area contributed by atoms with Crippen LogP contribution in [0.5, 0.6) is 0 Å². The van der Waals surface area contributed by atoms with Crippen LogP contribution in [0.4, 0.5) is 0 Å². The summed E-state index contributed by atoms with van der Waals surface area (Å²) in [7, 11) is 0. The van der Waals surface area contributed by atoms with Gasteiger partial charge in [-0.1, -0.05) is 6.42 Å². The molecule has 1 aromatic rings. The Balaban J connectivity index is 1.50. The van der Waals surface area contributed by atoms with Crippen LogP contribution in [-0.4, -0.2) is 57.3 Å². The zero-order valence-corrected chi connectivity index (χ0v) is 13.6. The lowest BCUT2D eigenvalue weighted by Gasteiger charge is -2.29. The van der Waals surface area contributed by atoms with Gasteiger partial charge in [0, 0.05) is 19.6 Å². The van der Waals surface area contributed by atoms with Crippen molar-refractivity contribution >= 4 is 0 Å². The Morgan fingerprint density at radius 3 is 2.62 bits per heavy atom. The molecule has 118 valence electrons. The van der Waals surface area contributed by atoms with Crippen LogP contribution in [0.3, 0.4) is 0 Å². The number of rotatable bonds is 5. The third kappa shape index (κ3) is 3.64. The predicted octanol–water partition coefficient (Wildman–Crippen LogP) is 1.91. The van der Waals surface area contributed by atoms with Gasteiger partial charge in [0.25, 0.3) is 0 Å². The van der Waals surface area contributed by atoms with E-state index in [-0.39, 0.29) is 0 Å². The van der Waals surface area contributed by atoms with E-state index in [2.05, 4.69) is 31.5 Å². The molecule has 0 saturated carbocycles. The van der Waals surface area contributed by atoms with E-state index < -0.39 is 0 Å². The van der Waals surface area contributed by atoms with E-state index in [1.54, 1.807) is 0 Å². The van der Waals surface area contributed by atoms with Crippen molar-refractivity contribution in [2.45, 2.75) is 52.6 Å². The van der Waals surface area contributed by atoms with Crippen LogP contribution in [-0.2, 0) is 13.1 Å². The van der Waals surface area contributed by atoms with E-state index in [0.717, 1.165) is 30.7 Å². The molecule has 1 aromatic heterocycles. The summed E-state index contributed by atoms with van der Waals surface area (Å²) in [5, 5.41) is 8.57. The van der Waals surface area contributed by atoms with Crippen LogP contribution in [0.25, 0.3) is 0 Å². The highest BCUT2D eigenvalue weighted by molar-refractivity contribution is 4.95. The van der Waals surface area contributed by atoms with Crippen molar-refractivity contribution < 1.29 is 0 Å². The summed E-state index contributed by atoms with van der Waals surface area (Å²) in [6.45, 7) is 12.5. The van der Waals surface area contributed by atoms with Crippen LogP contribution in [0.2, 0.25) is 0 Å². The molecule has 3 rings (SSSR count). The maximum absolute atomic E-state index is 4.35. The Morgan fingerprint density at radius 1 is 1.05 bits per heavy atom. The molecule has 21 heavy (non-hydrogen) atoms. The van der Waals surface area contributed by atoms with E-state index in [1.807, 2.05) is 6.92 Å². The molecule has 2 saturated heterocycles. The van der Waals surface area contributed by atoms with Crippen LogP contribution < -0.4 is 0 Å². The van der Waals surface area contributed by atoms with Crippen molar-refractivity contribution in [2.24, 2.45) is 5.92 Å². The van der Waals surface area contributed by atoms with Crippen LogP contribution in [0.1, 0.15) is 44.3 Å². The van der Waals surface area contributed by atoms with Crippen molar-refractivity contribution in [1.29, 1.82) is 0 Å². The minimum atomic E-state index is 0.849. The second-order valence-electron chi connectivity index (χ2n) is 6.66. The van der Waals surface area contributed by atoms with E-state index in [0.29, 0.717) is 0 Å². The fourth-order valence-corrected chi connectivity index (χ4v) is 3.87. The molecule has 0 N–H and O–H groups in total. The van der Waals surface area contributed by atoms with Gasteiger partial charge in [0.1, 0.15) is 11.6 Å². The third-order valence-corrected chi connectivity index (χ3v) is 5.03. The molecule has 0 radical (unpaired) electrons. The van der Waals surface area contributed by atoms with E-state index in [4.69, 9.17) is 0 Å². The molecule has 5 heteroatoms. The number of hydrogen-bond donors (Lipinski definition) is 0. The van der Waals surface area contributed by atoms with Gasteiger partial charge in [-0.3, -0.25) is 4.90 Å². The van der Waals surface area contributed by atoms with Gasteiger partial charge in [-0.15, -0.1) is 10.2 Å². The Labute approximate surface area is 128 Å². The van der Waals surface area contributed by atoms with Crippen molar-refractivity contribution in [3.63, 3.8) is 0 Å². The van der Waals surface area contributed by atoms with E-state index in [1.165, 1.54) is 58.4 Å². The third-order valence-electron chi connectivity index (χ3n) is 5.03. The predicted molar refractivity (Wildman–Crippen MR) is 84.1 cm³/mol. The molecular formula is C16H29N5. The lowest BCUT2D eigenvalue weighted by molar-refractivity contribution is 0.192. The fourth-order valence-electron chi connectivity index (χ4n) is 3.87. The van der Waals surface area contributed by atoms with Gasteiger partial charge in [-0.25, -0.2) is 0 Å². The first-order valence-corrected chi connectivity index (χ1v) is 8.59. The summed E-state index contributed by atoms with van der Waals surface area (Å²) < 4.78 is 2.23. The number of nitrogens with zero attached hydrogens (tertiary/aromatic N) is 5. The molecule has 2 fully saturated rings.